The summed E-state index contributed by atoms with van der Waals surface area (Å²) in [7, 11) is 0. The Kier molecular flexibility index (Phi) is 6.19. The van der Waals surface area contributed by atoms with Gasteiger partial charge in [0.15, 0.2) is 5.65 Å². The van der Waals surface area contributed by atoms with Crippen LogP contribution in [-0.4, -0.2) is 33.4 Å². The van der Waals surface area contributed by atoms with Crippen molar-refractivity contribution in [2.24, 2.45) is 11.1 Å². The van der Waals surface area contributed by atoms with Crippen LogP contribution in [0.25, 0.3) is 5.65 Å². The third-order valence-electron chi connectivity index (χ3n) is 4.81. The molecule has 0 fully saturated rings. The molecule has 2 atom stereocenters. The van der Waals surface area contributed by atoms with Gasteiger partial charge in [0.1, 0.15) is 30.1 Å². The molecule has 31 heavy (non-hydrogen) atoms. The average molecular weight is 430 g/mol. The van der Waals surface area contributed by atoms with E-state index < -0.39 is 18.0 Å². The van der Waals surface area contributed by atoms with Crippen molar-refractivity contribution in [3.05, 3.63) is 48.0 Å². The number of carbonyl (C=O) groups is 1. The van der Waals surface area contributed by atoms with Crippen molar-refractivity contribution in [3.63, 3.8) is 0 Å². The normalized spacial score (nSPS) is 13.6. The standard InChI is InChI=1S/C21H27FN6O3/c1-12(26-18-7-8-28-19(27-18)15(23)10-25-28)14-9-13(22)5-6-16(14)31-17(21(2,3)4)11-30-20(24)29/h5-10,12,17H,11,23H2,1-4H3,(H2,24,29)(H,26,27). The van der Waals surface area contributed by atoms with Crippen LogP contribution in [-0.2, 0) is 4.74 Å². The number of nitrogen functional groups attached to an aromatic ring is 1. The van der Waals surface area contributed by atoms with Gasteiger partial charge in [-0.3, -0.25) is 0 Å². The Morgan fingerprint density at radius 3 is 2.74 bits per heavy atom. The molecule has 1 aromatic carbocycles. The van der Waals surface area contributed by atoms with Gasteiger partial charge in [-0.1, -0.05) is 20.8 Å². The summed E-state index contributed by atoms with van der Waals surface area (Å²) in [5, 5.41) is 7.33. The highest BCUT2D eigenvalue weighted by atomic mass is 19.1. The number of ether oxygens (including phenoxy) is 2. The molecule has 0 spiro atoms. The second-order valence-electron chi connectivity index (χ2n) is 8.33. The van der Waals surface area contributed by atoms with Gasteiger partial charge in [-0.2, -0.15) is 5.10 Å². The predicted octanol–water partition coefficient (Wildman–Crippen LogP) is 3.51. The van der Waals surface area contributed by atoms with Crippen LogP contribution < -0.4 is 21.5 Å². The lowest BCUT2D eigenvalue weighted by Crippen LogP contribution is -2.38. The number of hydrogen-bond donors (Lipinski definition) is 3. The molecule has 2 heterocycles. The highest BCUT2D eigenvalue weighted by Crippen LogP contribution is 2.32. The first-order valence-corrected chi connectivity index (χ1v) is 9.79. The van der Waals surface area contributed by atoms with Crippen LogP contribution in [0.15, 0.2) is 36.7 Å². The number of carbonyl (C=O) groups excluding carboxylic acids is 1. The fourth-order valence-corrected chi connectivity index (χ4v) is 3.00. The van der Waals surface area contributed by atoms with E-state index in [1.807, 2.05) is 27.7 Å². The summed E-state index contributed by atoms with van der Waals surface area (Å²) in [6.45, 7) is 7.67. The lowest BCUT2D eigenvalue weighted by Gasteiger charge is -2.32. The Morgan fingerprint density at radius 2 is 2.06 bits per heavy atom. The van der Waals surface area contributed by atoms with E-state index in [1.165, 1.54) is 18.3 Å². The number of primary amides is 1. The molecule has 2 unspecified atom stereocenters. The Morgan fingerprint density at radius 1 is 1.32 bits per heavy atom. The van der Waals surface area contributed by atoms with Gasteiger partial charge < -0.3 is 26.3 Å². The zero-order chi connectivity index (χ0) is 22.8. The van der Waals surface area contributed by atoms with Gasteiger partial charge in [0.05, 0.1) is 17.9 Å². The number of nitrogens with zero attached hydrogens (tertiary/aromatic N) is 3. The maximum absolute atomic E-state index is 14.1. The van der Waals surface area contributed by atoms with Gasteiger partial charge in [0, 0.05) is 17.2 Å². The van der Waals surface area contributed by atoms with E-state index in [1.54, 1.807) is 22.8 Å². The molecule has 0 aliphatic rings. The first-order valence-electron chi connectivity index (χ1n) is 9.79. The predicted molar refractivity (Wildman–Crippen MR) is 115 cm³/mol. The second kappa shape index (κ2) is 8.66. The Labute approximate surface area is 179 Å². The van der Waals surface area contributed by atoms with Crippen LogP contribution in [0.3, 0.4) is 0 Å². The van der Waals surface area contributed by atoms with Gasteiger partial charge in [0.25, 0.3) is 0 Å². The van der Waals surface area contributed by atoms with Gasteiger partial charge in [-0.25, -0.2) is 18.7 Å². The zero-order valence-electron chi connectivity index (χ0n) is 17.9. The first kappa shape index (κ1) is 22.1. The van der Waals surface area contributed by atoms with Gasteiger partial charge >= 0.3 is 6.09 Å². The molecule has 166 valence electrons. The fourth-order valence-electron chi connectivity index (χ4n) is 3.00. The maximum Gasteiger partial charge on any atom is 0.404 e. The molecule has 5 N–H and O–H groups in total. The van der Waals surface area contributed by atoms with Crippen molar-refractivity contribution in [2.75, 3.05) is 17.7 Å². The number of fused-ring (bicyclic) bond motifs is 1. The van der Waals surface area contributed by atoms with Crippen LogP contribution in [0.4, 0.5) is 20.7 Å². The molecular weight excluding hydrogens is 403 g/mol. The van der Waals surface area contributed by atoms with Crippen LogP contribution in [0, 0.1) is 11.2 Å². The molecule has 10 heteroatoms. The minimum Gasteiger partial charge on any atom is -0.486 e. The highest BCUT2D eigenvalue weighted by Gasteiger charge is 2.29. The Bertz CT molecular complexity index is 1080. The van der Waals surface area contributed by atoms with Crippen LogP contribution in [0.2, 0.25) is 0 Å². The summed E-state index contributed by atoms with van der Waals surface area (Å²) < 4.78 is 26.8. The quantitative estimate of drug-likeness (QED) is 0.523. The van der Waals surface area contributed by atoms with Crippen molar-refractivity contribution in [1.82, 2.24) is 14.6 Å². The van der Waals surface area contributed by atoms with E-state index in [0.717, 1.165) is 0 Å². The molecule has 1 amide bonds. The second-order valence-corrected chi connectivity index (χ2v) is 8.33. The molecule has 0 aliphatic carbocycles. The maximum atomic E-state index is 14.1. The monoisotopic (exact) mass is 430 g/mol. The zero-order valence-corrected chi connectivity index (χ0v) is 17.9. The lowest BCUT2D eigenvalue weighted by molar-refractivity contribution is 0.0233. The van der Waals surface area contributed by atoms with Gasteiger partial charge in [-0.05, 0) is 31.2 Å². The van der Waals surface area contributed by atoms with Crippen LogP contribution in [0.1, 0.15) is 39.3 Å². The number of nitrogens with one attached hydrogen (secondary N) is 1. The number of halogens is 1. The molecule has 0 aliphatic heterocycles. The molecule has 3 rings (SSSR count). The summed E-state index contributed by atoms with van der Waals surface area (Å²) in [5.41, 5.74) is 12.2. The van der Waals surface area contributed by atoms with Crippen LogP contribution in [0.5, 0.6) is 5.75 Å². The number of aromatic nitrogens is 3. The number of benzene rings is 1. The topological polar surface area (TPSA) is 130 Å². The van der Waals surface area contributed by atoms with Gasteiger partial charge in [-0.15, -0.1) is 0 Å². The molecule has 9 nitrogen and oxygen atoms in total. The smallest absolute Gasteiger partial charge is 0.404 e. The highest BCUT2D eigenvalue weighted by molar-refractivity contribution is 5.65. The number of nitrogens with two attached hydrogens (primary N) is 2. The van der Waals surface area contributed by atoms with E-state index in [-0.39, 0.29) is 18.1 Å². The fraction of sp³-hybridized carbons (Fsp3) is 0.381. The Hall–Kier alpha value is -3.56. The number of rotatable bonds is 7. The van der Waals surface area contributed by atoms with Gasteiger partial charge in [0.2, 0.25) is 0 Å². The molecule has 0 saturated heterocycles. The number of hydrogen-bond acceptors (Lipinski definition) is 7. The largest absolute Gasteiger partial charge is 0.486 e. The molecule has 3 aromatic rings. The van der Waals surface area contributed by atoms with Crippen molar-refractivity contribution in [2.45, 2.75) is 39.8 Å². The number of anilines is 2. The molecule has 2 aromatic heterocycles. The molecule has 0 bridgehead atoms. The summed E-state index contributed by atoms with van der Waals surface area (Å²) in [5.74, 6) is 0.603. The van der Waals surface area contributed by atoms with Crippen molar-refractivity contribution in [3.8, 4) is 5.75 Å². The summed E-state index contributed by atoms with van der Waals surface area (Å²) in [6.07, 6.45) is 1.87. The third-order valence-corrected chi connectivity index (χ3v) is 4.81. The van der Waals surface area contributed by atoms with E-state index in [9.17, 15) is 9.18 Å². The lowest BCUT2D eigenvalue weighted by atomic mass is 9.89. The number of amides is 1. The minimum atomic E-state index is -0.882. The van der Waals surface area contributed by atoms with E-state index in [2.05, 4.69) is 15.4 Å². The van der Waals surface area contributed by atoms with E-state index >= 15 is 0 Å². The third kappa shape index (κ3) is 5.33. The first-order chi connectivity index (χ1) is 14.5. The molecule has 0 saturated carbocycles. The average Bonchev–Trinajstić information content (AvgIpc) is 3.05. The van der Waals surface area contributed by atoms with E-state index in [0.29, 0.717) is 28.5 Å². The Balaban J connectivity index is 1.86. The molecule has 0 radical (unpaired) electrons. The SMILES string of the molecule is CC(Nc1ccn2ncc(N)c2n1)c1cc(F)ccc1OC(COC(N)=O)C(C)(C)C. The summed E-state index contributed by atoms with van der Waals surface area (Å²) >= 11 is 0. The van der Waals surface area contributed by atoms with Crippen LogP contribution >= 0.6 is 0 Å². The molecular formula is C21H27FN6O3. The summed E-state index contributed by atoms with van der Waals surface area (Å²) in [4.78, 5) is 15.5. The minimum absolute atomic E-state index is 0.0316. The van der Waals surface area contributed by atoms with Crippen molar-refractivity contribution < 1.29 is 18.7 Å². The van der Waals surface area contributed by atoms with Crippen molar-refractivity contribution in [1.29, 1.82) is 0 Å². The van der Waals surface area contributed by atoms with Crippen molar-refractivity contribution >= 4 is 23.2 Å². The van der Waals surface area contributed by atoms with E-state index in [4.69, 9.17) is 20.9 Å². The summed E-state index contributed by atoms with van der Waals surface area (Å²) in [6, 6.07) is 5.65.